The summed E-state index contributed by atoms with van der Waals surface area (Å²) in [7, 11) is 0. The summed E-state index contributed by atoms with van der Waals surface area (Å²) < 4.78 is 0. The minimum absolute atomic E-state index is 0.112. The summed E-state index contributed by atoms with van der Waals surface area (Å²) in [5, 5.41) is 0. The van der Waals surface area contributed by atoms with E-state index < -0.39 is 11.7 Å². The van der Waals surface area contributed by atoms with E-state index in [0.717, 1.165) is 5.56 Å². The molecule has 136 valence electrons. The van der Waals surface area contributed by atoms with Crippen molar-refractivity contribution in [1.82, 2.24) is 14.7 Å². The number of ketones is 1. The molecule has 0 radical (unpaired) electrons. The van der Waals surface area contributed by atoms with Gasteiger partial charge >= 0.3 is 0 Å². The van der Waals surface area contributed by atoms with Gasteiger partial charge in [0.2, 0.25) is 11.7 Å². The maximum atomic E-state index is 12.4. The highest BCUT2D eigenvalue weighted by atomic mass is 16.2. The summed E-state index contributed by atoms with van der Waals surface area (Å²) in [5.74, 6) is -0.813. The number of benzene rings is 1. The van der Waals surface area contributed by atoms with Gasteiger partial charge in [0.15, 0.2) is 0 Å². The van der Waals surface area contributed by atoms with Crippen molar-refractivity contribution in [2.75, 3.05) is 45.8 Å². The third kappa shape index (κ3) is 4.89. The van der Waals surface area contributed by atoms with Crippen LogP contribution in [0, 0.1) is 6.92 Å². The zero-order chi connectivity index (χ0) is 18.4. The maximum Gasteiger partial charge on any atom is 0.295 e. The lowest BCUT2D eigenvalue weighted by Crippen LogP contribution is -2.52. The number of piperazine rings is 1. The largest absolute Gasteiger partial charge is 0.342 e. The highest BCUT2D eigenvalue weighted by Crippen LogP contribution is 2.09. The first kappa shape index (κ1) is 19.1. The molecular weight excluding hydrogens is 318 g/mol. The van der Waals surface area contributed by atoms with Crippen molar-refractivity contribution in [3.05, 3.63) is 35.4 Å². The van der Waals surface area contributed by atoms with E-state index in [-0.39, 0.29) is 5.91 Å². The number of hydrogen-bond acceptors (Lipinski definition) is 4. The predicted molar refractivity (Wildman–Crippen MR) is 96.5 cm³/mol. The highest BCUT2D eigenvalue weighted by molar-refractivity contribution is 6.42. The molecule has 25 heavy (non-hydrogen) atoms. The molecular formula is C19H27N3O3. The lowest BCUT2D eigenvalue weighted by molar-refractivity contribution is -0.133. The van der Waals surface area contributed by atoms with Crippen molar-refractivity contribution in [2.24, 2.45) is 0 Å². The van der Waals surface area contributed by atoms with Crippen LogP contribution < -0.4 is 0 Å². The second-order valence-electron chi connectivity index (χ2n) is 6.33. The molecule has 0 spiro atoms. The second kappa shape index (κ2) is 8.76. The van der Waals surface area contributed by atoms with Crippen LogP contribution in [-0.2, 0) is 9.59 Å². The van der Waals surface area contributed by atoms with Crippen molar-refractivity contribution >= 4 is 17.6 Å². The fourth-order valence-electron chi connectivity index (χ4n) is 2.95. The van der Waals surface area contributed by atoms with Gasteiger partial charge in [0, 0.05) is 44.8 Å². The van der Waals surface area contributed by atoms with Crippen molar-refractivity contribution < 1.29 is 14.4 Å². The standard InChI is InChI=1S/C19H27N3O3/c1-4-21(5-2)17(23)14-20-10-12-22(13-11-20)19(25)18(24)16-8-6-15(3)7-9-16/h6-9H,4-5,10-14H2,1-3H3. The lowest BCUT2D eigenvalue weighted by Gasteiger charge is -2.34. The minimum atomic E-state index is -0.465. The monoisotopic (exact) mass is 345 g/mol. The Morgan fingerprint density at radius 3 is 2.04 bits per heavy atom. The molecule has 0 unspecified atom stereocenters. The summed E-state index contributed by atoms with van der Waals surface area (Å²) >= 11 is 0. The molecule has 1 heterocycles. The van der Waals surface area contributed by atoms with Crippen LogP contribution in [0.4, 0.5) is 0 Å². The molecule has 0 aromatic heterocycles. The van der Waals surface area contributed by atoms with Crippen LogP contribution in [0.15, 0.2) is 24.3 Å². The second-order valence-corrected chi connectivity index (χ2v) is 6.33. The molecule has 1 aromatic rings. The molecule has 0 bridgehead atoms. The number of likely N-dealkylation sites (N-methyl/N-ethyl adjacent to an activating group) is 1. The van der Waals surface area contributed by atoms with Gasteiger partial charge in [-0.15, -0.1) is 0 Å². The summed E-state index contributed by atoms with van der Waals surface area (Å²) in [4.78, 5) is 42.3. The Morgan fingerprint density at radius 1 is 0.960 bits per heavy atom. The zero-order valence-electron chi connectivity index (χ0n) is 15.3. The van der Waals surface area contributed by atoms with Gasteiger partial charge in [-0.3, -0.25) is 19.3 Å². The molecule has 0 N–H and O–H groups in total. The topological polar surface area (TPSA) is 60.9 Å². The smallest absolute Gasteiger partial charge is 0.295 e. The number of carbonyl (C=O) groups excluding carboxylic acids is 3. The predicted octanol–water partition coefficient (Wildman–Crippen LogP) is 1.19. The van der Waals surface area contributed by atoms with Crippen LogP contribution in [-0.4, -0.2) is 78.1 Å². The Bertz CT molecular complexity index is 615. The Morgan fingerprint density at radius 2 is 1.52 bits per heavy atom. The van der Waals surface area contributed by atoms with Crippen LogP contribution >= 0.6 is 0 Å². The summed E-state index contributed by atoms with van der Waals surface area (Å²) in [6, 6.07) is 7.04. The van der Waals surface area contributed by atoms with Crippen molar-refractivity contribution in [1.29, 1.82) is 0 Å². The van der Waals surface area contributed by atoms with E-state index in [1.807, 2.05) is 37.8 Å². The molecule has 2 rings (SSSR count). The molecule has 1 fully saturated rings. The molecule has 6 heteroatoms. The normalized spacial score (nSPS) is 15.1. The number of rotatable bonds is 6. The number of carbonyl (C=O) groups is 3. The van der Waals surface area contributed by atoms with Crippen molar-refractivity contribution in [3.63, 3.8) is 0 Å². The third-order valence-corrected chi connectivity index (χ3v) is 4.64. The van der Waals surface area contributed by atoms with Gasteiger partial charge < -0.3 is 9.80 Å². The van der Waals surface area contributed by atoms with Crippen LogP contribution in [0.25, 0.3) is 0 Å². The third-order valence-electron chi connectivity index (χ3n) is 4.64. The molecule has 1 aliphatic heterocycles. The Hall–Kier alpha value is -2.21. The van der Waals surface area contributed by atoms with E-state index in [9.17, 15) is 14.4 Å². The Labute approximate surface area is 149 Å². The SMILES string of the molecule is CCN(CC)C(=O)CN1CCN(C(=O)C(=O)c2ccc(C)cc2)CC1. The number of amides is 2. The number of nitrogens with zero attached hydrogens (tertiary/aromatic N) is 3. The average molecular weight is 345 g/mol. The van der Waals surface area contributed by atoms with E-state index in [1.165, 1.54) is 0 Å². The van der Waals surface area contributed by atoms with Gasteiger partial charge in [-0.2, -0.15) is 0 Å². The van der Waals surface area contributed by atoms with E-state index in [1.54, 1.807) is 21.9 Å². The van der Waals surface area contributed by atoms with Crippen molar-refractivity contribution in [3.8, 4) is 0 Å². The van der Waals surface area contributed by atoms with Gasteiger partial charge in [-0.25, -0.2) is 0 Å². The van der Waals surface area contributed by atoms with Crippen molar-refractivity contribution in [2.45, 2.75) is 20.8 Å². The van der Waals surface area contributed by atoms with Gasteiger partial charge in [0.05, 0.1) is 6.54 Å². The Kier molecular flexibility index (Phi) is 6.70. The number of aryl methyl sites for hydroxylation is 1. The van der Waals surface area contributed by atoms with E-state index in [0.29, 0.717) is 51.4 Å². The summed E-state index contributed by atoms with van der Waals surface area (Å²) in [6.07, 6.45) is 0. The molecule has 1 saturated heterocycles. The number of Topliss-reactive ketones (excluding diaryl/α,β-unsaturated/α-hetero) is 1. The van der Waals surface area contributed by atoms with E-state index >= 15 is 0 Å². The van der Waals surface area contributed by atoms with Crippen LogP contribution in [0.2, 0.25) is 0 Å². The van der Waals surface area contributed by atoms with Crippen LogP contribution in [0.1, 0.15) is 29.8 Å². The fourth-order valence-corrected chi connectivity index (χ4v) is 2.95. The molecule has 0 saturated carbocycles. The van der Waals surface area contributed by atoms with Gasteiger partial charge in [0.25, 0.3) is 5.91 Å². The molecule has 2 amide bonds. The quantitative estimate of drug-likeness (QED) is 0.574. The number of hydrogen-bond donors (Lipinski definition) is 0. The first-order chi connectivity index (χ1) is 12.0. The highest BCUT2D eigenvalue weighted by Gasteiger charge is 2.27. The van der Waals surface area contributed by atoms with Crippen LogP contribution in [0.5, 0.6) is 0 Å². The van der Waals surface area contributed by atoms with E-state index in [4.69, 9.17) is 0 Å². The fraction of sp³-hybridized carbons (Fsp3) is 0.526. The first-order valence-corrected chi connectivity index (χ1v) is 8.86. The van der Waals surface area contributed by atoms with E-state index in [2.05, 4.69) is 0 Å². The first-order valence-electron chi connectivity index (χ1n) is 8.86. The zero-order valence-corrected chi connectivity index (χ0v) is 15.3. The maximum absolute atomic E-state index is 12.4. The van der Waals surface area contributed by atoms with Crippen LogP contribution in [0.3, 0.4) is 0 Å². The Balaban J connectivity index is 1.87. The minimum Gasteiger partial charge on any atom is -0.342 e. The molecule has 1 aromatic carbocycles. The average Bonchev–Trinajstić information content (AvgIpc) is 2.63. The molecule has 1 aliphatic rings. The summed E-state index contributed by atoms with van der Waals surface area (Å²) in [5.41, 5.74) is 1.48. The van der Waals surface area contributed by atoms with Gasteiger partial charge in [-0.05, 0) is 20.8 Å². The van der Waals surface area contributed by atoms with Gasteiger partial charge in [-0.1, -0.05) is 29.8 Å². The molecule has 0 atom stereocenters. The molecule has 6 nitrogen and oxygen atoms in total. The summed E-state index contributed by atoms with van der Waals surface area (Å²) in [6.45, 7) is 9.83. The van der Waals surface area contributed by atoms with Gasteiger partial charge in [0.1, 0.15) is 0 Å². The lowest BCUT2D eigenvalue weighted by atomic mass is 10.1. The molecule has 0 aliphatic carbocycles.